The Kier molecular flexibility index (Phi) is 10.7. The summed E-state index contributed by atoms with van der Waals surface area (Å²) in [4.78, 5) is 12.7. The first kappa shape index (κ1) is 24.6. The van der Waals surface area contributed by atoms with E-state index in [2.05, 4.69) is 20.9 Å². The third-order valence-corrected chi connectivity index (χ3v) is 5.28. The standard InChI is InChI=1S/C23H32NO3.HI/c1-4-24(3,5-2)17-20(25)18-27-23-14-10-9-13-21(23)22(26)16-15-19-11-7-6-8-12-19;/h6-14,20,25H,4-5,15-18H2,1-3H3;1H/q+1;/p-1. The molecule has 0 saturated carbocycles. The van der Waals surface area contributed by atoms with Gasteiger partial charge in [0.25, 0.3) is 0 Å². The van der Waals surface area contributed by atoms with E-state index in [1.54, 1.807) is 12.1 Å². The molecule has 1 atom stereocenters. The maximum Gasteiger partial charge on any atom is 0.166 e. The normalized spacial score (nSPS) is 12.1. The average molecular weight is 497 g/mol. The molecule has 0 saturated heterocycles. The molecule has 0 spiro atoms. The number of hydrogen-bond donors (Lipinski definition) is 1. The second-order valence-corrected chi connectivity index (χ2v) is 7.30. The number of hydrogen-bond acceptors (Lipinski definition) is 3. The van der Waals surface area contributed by atoms with Crippen LogP contribution in [0.25, 0.3) is 0 Å². The minimum absolute atomic E-state index is 0. The number of halogens is 1. The van der Waals surface area contributed by atoms with E-state index in [0.717, 1.165) is 23.1 Å². The molecule has 2 aromatic rings. The molecule has 5 heteroatoms. The molecule has 0 heterocycles. The molecule has 0 radical (unpaired) electrons. The number of aliphatic hydroxyl groups is 1. The summed E-state index contributed by atoms with van der Waals surface area (Å²) in [7, 11) is 2.13. The van der Waals surface area contributed by atoms with E-state index in [1.165, 1.54) is 0 Å². The number of benzene rings is 2. The number of aliphatic hydroxyl groups excluding tert-OH is 1. The van der Waals surface area contributed by atoms with Crippen LogP contribution in [0, 0.1) is 0 Å². The molecule has 28 heavy (non-hydrogen) atoms. The van der Waals surface area contributed by atoms with Crippen molar-refractivity contribution in [2.45, 2.75) is 32.8 Å². The fourth-order valence-electron chi connectivity index (χ4n) is 3.09. The second-order valence-electron chi connectivity index (χ2n) is 7.30. The smallest absolute Gasteiger partial charge is 0.166 e. The van der Waals surface area contributed by atoms with Crippen molar-refractivity contribution in [3.05, 3.63) is 65.7 Å². The lowest BCUT2D eigenvalue weighted by Crippen LogP contribution is -3.00. The second kappa shape index (κ2) is 12.2. The number of para-hydroxylation sites is 1. The van der Waals surface area contributed by atoms with Crippen molar-refractivity contribution in [2.75, 3.05) is 33.3 Å². The average Bonchev–Trinajstić information content (AvgIpc) is 2.71. The van der Waals surface area contributed by atoms with Gasteiger partial charge in [-0.3, -0.25) is 4.79 Å². The largest absolute Gasteiger partial charge is 1.00 e. The summed E-state index contributed by atoms with van der Waals surface area (Å²) in [5, 5.41) is 10.4. The zero-order valence-electron chi connectivity index (χ0n) is 17.1. The van der Waals surface area contributed by atoms with Crippen LogP contribution in [-0.2, 0) is 6.42 Å². The Labute approximate surface area is 186 Å². The first-order valence-electron chi connectivity index (χ1n) is 9.78. The molecule has 0 aromatic heterocycles. The Morgan fingerprint density at radius 2 is 1.64 bits per heavy atom. The lowest BCUT2D eigenvalue weighted by atomic mass is 10.0. The van der Waals surface area contributed by atoms with Crippen molar-refractivity contribution in [3.63, 3.8) is 0 Å². The molecule has 0 fully saturated rings. The van der Waals surface area contributed by atoms with Gasteiger partial charge in [0.15, 0.2) is 5.78 Å². The maximum atomic E-state index is 12.7. The predicted octanol–water partition coefficient (Wildman–Crippen LogP) is 0.732. The summed E-state index contributed by atoms with van der Waals surface area (Å²) in [6.45, 7) is 6.99. The lowest BCUT2D eigenvalue weighted by molar-refractivity contribution is -0.909. The highest BCUT2D eigenvalue weighted by Gasteiger charge is 2.22. The first-order chi connectivity index (χ1) is 13.0. The summed E-state index contributed by atoms with van der Waals surface area (Å²) in [5.41, 5.74) is 1.74. The third kappa shape index (κ3) is 7.53. The highest BCUT2D eigenvalue weighted by molar-refractivity contribution is 5.98. The van der Waals surface area contributed by atoms with Crippen molar-refractivity contribution in [1.29, 1.82) is 0 Å². The summed E-state index contributed by atoms with van der Waals surface area (Å²) < 4.78 is 6.62. The van der Waals surface area contributed by atoms with Crippen LogP contribution in [0.4, 0.5) is 0 Å². The Balaban J connectivity index is 0.00000392. The Morgan fingerprint density at radius 1 is 1.04 bits per heavy atom. The first-order valence-corrected chi connectivity index (χ1v) is 9.78. The van der Waals surface area contributed by atoms with E-state index in [-0.39, 0.29) is 36.4 Å². The van der Waals surface area contributed by atoms with Crippen LogP contribution in [0.1, 0.15) is 36.2 Å². The summed E-state index contributed by atoms with van der Waals surface area (Å²) in [6.07, 6.45) is 0.579. The van der Waals surface area contributed by atoms with Crippen LogP contribution in [0.5, 0.6) is 5.75 Å². The van der Waals surface area contributed by atoms with Crippen molar-refractivity contribution in [1.82, 2.24) is 0 Å². The van der Waals surface area contributed by atoms with Crippen LogP contribution in [-0.4, -0.2) is 54.8 Å². The van der Waals surface area contributed by atoms with Gasteiger partial charge in [-0.2, -0.15) is 0 Å². The molecule has 0 aliphatic rings. The van der Waals surface area contributed by atoms with Crippen molar-refractivity contribution in [2.24, 2.45) is 0 Å². The Bertz CT molecular complexity index is 717. The van der Waals surface area contributed by atoms with E-state index >= 15 is 0 Å². The lowest BCUT2D eigenvalue weighted by Gasteiger charge is -2.33. The topological polar surface area (TPSA) is 46.5 Å². The van der Waals surface area contributed by atoms with Gasteiger partial charge in [0.2, 0.25) is 0 Å². The van der Waals surface area contributed by atoms with Gasteiger partial charge in [-0.05, 0) is 38.0 Å². The van der Waals surface area contributed by atoms with Crippen LogP contribution in [0.3, 0.4) is 0 Å². The van der Waals surface area contributed by atoms with E-state index in [1.807, 2.05) is 42.5 Å². The third-order valence-electron chi connectivity index (χ3n) is 5.28. The summed E-state index contributed by atoms with van der Waals surface area (Å²) in [5.74, 6) is 0.614. The molecule has 0 aliphatic carbocycles. The van der Waals surface area contributed by atoms with Gasteiger partial charge in [-0.25, -0.2) is 0 Å². The number of ketones is 1. The minimum atomic E-state index is -0.567. The van der Waals surface area contributed by atoms with Gasteiger partial charge in [0.1, 0.15) is 25.0 Å². The molecule has 154 valence electrons. The molecule has 2 rings (SSSR count). The number of quaternary nitrogens is 1. The molecular weight excluding hydrogens is 465 g/mol. The van der Waals surface area contributed by atoms with Gasteiger partial charge in [0, 0.05) is 6.42 Å². The van der Waals surface area contributed by atoms with Crippen molar-refractivity contribution < 1.29 is 43.1 Å². The molecular formula is C23H32INO3. The highest BCUT2D eigenvalue weighted by Crippen LogP contribution is 2.21. The Hall–Kier alpha value is -1.44. The predicted molar refractivity (Wildman–Crippen MR) is 109 cm³/mol. The van der Waals surface area contributed by atoms with Gasteiger partial charge >= 0.3 is 0 Å². The summed E-state index contributed by atoms with van der Waals surface area (Å²) in [6, 6.07) is 17.3. The SMILES string of the molecule is CC[N+](C)(CC)CC(O)COc1ccccc1C(=O)CCc1ccccc1.[I-]. The highest BCUT2D eigenvalue weighted by atomic mass is 127. The van der Waals surface area contributed by atoms with Crippen LogP contribution in [0.15, 0.2) is 54.6 Å². The van der Waals surface area contributed by atoms with E-state index in [0.29, 0.717) is 30.7 Å². The molecule has 1 N–H and O–H groups in total. The Morgan fingerprint density at radius 3 is 2.29 bits per heavy atom. The molecule has 0 bridgehead atoms. The van der Waals surface area contributed by atoms with Crippen LogP contribution < -0.4 is 28.7 Å². The molecule has 0 aliphatic heterocycles. The fraction of sp³-hybridized carbons (Fsp3) is 0.435. The number of Topliss-reactive ketones (excluding diaryl/α,β-unsaturated/α-hetero) is 1. The number of aryl methyl sites for hydroxylation is 1. The number of rotatable bonds is 11. The van der Waals surface area contributed by atoms with Gasteiger partial charge in [-0.15, -0.1) is 0 Å². The molecule has 2 aromatic carbocycles. The fourth-order valence-corrected chi connectivity index (χ4v) is 3.09. The number of ether oxygens (including phenoxy) is 1. The van der Waals surface area contributed by atoms with E-state index in [9.17, 15) is 9.90 Å². The molecule has 1 unspecified atom stereocenters. The summed E-state index contributed by atoms with van der Waals surface area (Å²) >= 11 is 0. The number of nitrogens with zero attached hydrogens (tertiary/aromatic N) is 1. The zero-order chi connectivity index (χ0) is 19.7. The number of carbonyl (C=O) groups excluding carboxylic acids is 1. The molecule has 4 nitrogen and oxygen atoms in total. The van der Waals surface area contributed by atoms with E-state index in [4.69, 9.17) is 4.74 Å². The van der Waals surface area contributed by atoms with Crippen LogP contribution >= 0.6 is 0 Å². The number of likely N-dealkylation sites (N-methyl/N-ethyl adjacent to an activating group) is 1. The monoisotopic (exact) mass is 497 g/mol. The van der Waals surface area contributed by atoms with Gasteiger partial charge in [-0.1, -0.05) is 42.5 Å². The minimum Gasteiger partial charge on any atom is -1.00 e. The quantitative estimate of drug-likeness (QED) is 0.283. The van der Waals surface area contributed by atoms with Gasteiger partial charge in [0.05, 0.1) is 25.7 Å². The van der Waals surface area contributed by atoms with Crippen LogP contribution in [0.2, 0.25) is 0 Å². The molecule has 0 amide bonds. The maximum absolute atomic E-state index is 12.7. The zero-order valence-corrected chi connectivity index (χ0v) is 19.3. The van der Waals surface area contributed by atoms with Crippen molar-refractivity contribution in [3.8, 4) is 5.75 Å². The van der Waals surface area contributed by atoms with Crippen molar-refractivity contribution >= 4 is 5.78 Å². The van der Waals surface area contributed by atoms with E-state index < -0.39 is 6.10 Å². The van der Waals surface area contributed by atoms with Gasteiger partial charge < -0.3 is 38.3 Å². The number of carbonyl (C=O) groups is 1.